The van der Waals surface area contributed by atoms with Crippen LogP contribution >= 0.6 is 0 Å². The number of nitrogen functional groups attached to an aromatic ring is 1. The van der Waals surface area contributed by atoms with Crippen LogP contribution in [0.2, 0.25) is 0 Å². The molecule has 3 N–H and O–H groups in total. The zero-order chi connectivity index (χ0) is 13.2. The molecular weight excluding hydrogens is 228 g/mol. The number of hydrogen-bond donors (Lipinski definition) is 2. The lowest BCUT2D eigenvalue weighted by molar-refractivity contribution is 0.0558. The normalized spacial score (nSPS) is 17.4. The van der Waals surface area contributed by atoms with Crippen molar-refractivity contribution in [1.29, 1.82) is 5.26 Å². The number of aromatic nitrogens is 1. The van der Waals surface area contributed by atoms with Crippen molar-refractivity contribution in [2.45, 2.75) is 31.3 Å². The van der Waals surface area contributed by atoms with Crippen molar-refractivity contribution in [3.63, 3.8) is 0 Å². The Kier molecular flexibility index (Phi) is 3.39. The van der Waals surface area contributed by atoms with E-state index in [1.807, 2.05) is 18.0 Å². The van der Waals surface area contributed by atoms with E-state index in [0.717, 1.165) is 25.7 Å². The first-order valence-electron chi connectivity index (χ1n) is 6.14. The predicted octanol–water partition coefficient (Wildman–Crippen LogP) is 1.28. The van der Waals surface area contributed by atoms with Crippen molar-refractivity contribution in [3.8, 4) is 6.07 Å². The van der Waals surface area contributed by atoms with Gasteiger partial charge in [0, 0.05) is 19.8 Å². The zero-order valence-corrected chi connectivity index (χ0v) is 10.6. The quantitative estimate of drug-likeness (QED) is 0.839. The summed E-state index contributed by atoms with van der Waals surface area (Å²) in [7, 11) is 1.84. The lowest BCUT2D eigenvalue weighted by atomic mass is 10.0. The highest BCUT2D eigenvalue weighted by atomic mass is 16.3. The third-order valence-electron chi connectivity index (χ3n) is 3.52. The highest BCUT2D eigenvalue weighted by molar-refractivity contribution is 5.69. The molecule has 0 aromatic carbocycles. The van der Waals surface area contributed by atoms with Crippen LogP contribution in [0.4, 0.5) is 11.5 Å². The van der Waals surface area contributed by atoms with Crippen molar-refractivity contribution >= 4 is 11.5 Å². The number of pyridine rings is 1. The highest BCUT2D eigenvalue weighted by Crippen LogP contribution is 2.32. The van der Waals surface area contributed by atoms with Gasteiger partial charge >= 0.3 is 0 Å². The fraction of sp³-hybridized carbons (Fsp3) is 0.538. The molecule has 5 heteroatoms. The molecule has 0 amide bonds. The fourth-order valence-electron chi connectivity index (χ4n) is 2.57. The molecule has 0 atom stereocenters. The topological polar surface area (TPSA) is 86.2 Å². The standard InChI is InChI=1S/C13H18N4O/c1-17(9-13(18)5-2-3-6-13)12-11(15)10(8-14)4-7-16-12/h4,7,18H,2-3,5-6,9,15H2,1H3. The number of nitriles is 1. The maximum absolute atomic E-state index is 10.4. The summed E-state index contributed by atoms with van der Waals surface area (Å²) >= 11 is 0. The van der Waals surface area contributed by atoms with Gasteiger partial charge in [-0.15, -0.1) is 0 Å². The number of aliphatic hydroxyl groups is 1. The molecule has 0 radical (unpaired) electrons. The molecule has 5 nitrogen and oxygen atoms in total. The van der Waals surface area contributed by atoms with Crippen molar-refractivity contribution in [3.05, 3.63) is 17.8 Å². The Morgan fingerprint density at radius 2 is 2.22 bits per heavy atom. The van der Waals surface area contributed by atoms with Crippen LogP contribution < -0.4 is 10.6 Å². The molecule has 1 aromatic heterocycles. The Bertz CT molecular complexity index is 474. The summed E-state index contributed by atoms with van der Waals surface area (Å²) in [5.41, 5.74) is 6.06. The van der Waals surface area contributed by atoms with E-state index in [-0.39, 0.29) is 0 Å². The molecule has 18 heavy (non-hydrogen) atoms. The molecule has 0 bridgehead atoms. The second kappa shape index (κ2) is 4.83. The van der Waals surface area contributed by atoms with Gasteiger partial charge in [0.05, 0.1) is 16.9 Å². The van der Waals surface area contributed by atoms with Gasteiger partial charge < -0.3 is 15.7 Å². The summed E-state index contributed by atoms with van der Waals surface area (Å²) in [6.07, 6.45) is 5.32. The molecule has 1 aliphatic carbocycles. The zero-order valence-electron chi connectivity index (χ0n) is 10.6. The number of nitrogens with two attached hydrogens (primary N) is 1. The van der Waals surface area contributed by atoms with Crippen LogP contribution in [0.3, 0.4) is 0 Å². The van der Waals surface area contributed by atoms with Gasteiger partial charge in [0.1, 0.15) is 6.07 Å². The molecule has 0 saturated heterocycles. The number of anilines is 2. The van der Waals surface area contributed by atoms with Gasteiger partial charge in [-0.2, -0.15) is 5.26 Å². The van der Waals surface area contributed by atoms with Crippen LogP contribution in [-0.4, -0.2) is 29.3 Å². The summed E-state index contributed by atoms with van der Waals surface area (Å²) in [6, 6.07) is 3.63. The first-order valence-corrected chi connectivity index (χ1v) is 6.14. The van der Waals surface area contributed by atoms with E-state index < -0.39 is 5.60 Å². The van der Waals surface area contributed by atoms with Gasteiger partial charge in [0.25, 0.3) is 0 Å². The average Bonchev–Trinajstić information content (AvgIpc) is 2.76. The maximum atomic E-state index is 10.4. The van der Waals surface area contributed by atoms with Crippen molar-refractivity contribution < 1.29 is 5.11 Å². The average molecular weight is 246 g/mol. The number of likely N-dealkylation sites (N-methyl/N-ethyl adjacent to an activating group) is 1. The summed E-state index contributed by atoms with van der Waals surface area (Å²) in [5.74, 6) is 0.564. The first-order chi connectivity index (χ1) is 8.56. The molecule has 0 unspecified atom stereocenters. The third kappa shape index (κ3) is 2.39. The Morgan fingerprint density at radius 3 is 2.83 bits per heavy atom. The van der Waals surface area contributed by atoms with Crippen LogP contribution in [-0.2, 0) is 0 Å². The number of hydrogen-bond acceptors (Lipinski definition) is 5. The highest BCUT2D eigenvalue weighted by Gasteiger charge is 2.33. The van der Waals surface area contributed by atoms with E-state index in [4.69, 9.17) is 11.0 Å². The summed E-state index contributed by atoms with van der Waals surface area (Å²) in [4.78, 5) is 6.03. The van der Waals surface area contributed by atoms with Gasteiger partial charge in [-0.05, 0) is 18.9 Å². The van der Waals surface area contributed by atoms with Crippen molar-refractivity contribution in [2.75, 3.05) is 24.2 Å². The number of rotatable bonds is 3. The van der Waals surface area contributed by atoms with Crippen molar-refractivity contribution in [1.82, 2.24) is 4.98 Å². The lowest BCUT2D eigenvalue weighted by Gasteiger charge is -2.30. The molecule has 2 rings (SSSR count). The minimum atomic E-state index is -0.647. The van der Waals surface area contributed by atoms with E-state index in [1.54, 1.807) is 12.3 Å². The lowest BCUT2D eigenvalue weighted by Crippen LogP contribution is -2.39. The van der Waals surface area contributed by atoms with E-state index in [2.05, 4.69) is 4.98 Å². The summed E-state index contributed by atoms with van der Waals surface area (Å²) in [6.45, 7) is 0.499. The minimum absolute atomic E-state index is 0.379. The molecule has 0 spiro atoms. The van der Waals surface area contributed by atoms with Crippen LogP contribution in [0.15, 0.2) is 12.3 Å². The second-order valence-electron chi connectivity index (χ2n) is 5.00. The Labute approximate surface area is 107 Å². The first kappa shape index (κ1) is 12.7. The second-order valence-corrected chi connectivity index (χ2v) is 5.00. The predicted molar refractivity (Wildman–Crippen MR) is 70.1 cm³/mol. The molecule has 1 fully saturated rings. The molecule has 96 valence electrons. The Balaban J connectivity index is 2.19. The molecule has 1 aromatic rings. The van der Waals surface area contributed by atoms with Crippen LogP contribution in [0.5, 0.6) is 0 Å². The van der Waals surface area contributed by atoms with Crippen molar-refractivity contribution in [2.24, 2.45) is 0 Å². The van der Waals surface area contributed by atoms with E-state index in [1.165, 1.54) is 0 Å². The maximum Gasteiger partial charge on any atom is 0.152 e. The van der Waals surface area contributed by atoms with Gasteiger partial charge in [-0.25, -0.2) is 4.98 Å². The van der Waals surface area contributed by atoms with E-state index >= 15 is 0 Å². The summed E-state index contributed by atoms with van der Waals surface area (Å²) < 4.78 is 0. The van der Waals surface area contributed by atoms with Gasteiger partial charge in [-0.1, -0.05) is 12.8 Å². The molecule has 1 saturated carbocycles. The van der Waals surface area contributed by atoms with Gasteiger partial charge in [0.15, 0.2) is 5.82 Å². The smallest absolute Gasteiger partial charge is 0.152 e. The SMILES string of the molecule is CN(CC1(O)CCCC1)c1nccc(C#N)c1N. The monoisotopic (exact) mass is 246 g/mol. The fourth-order valence-corrected chi connectivity index (χ4v) is 2.57. The van der Waals surface area contributed by atoms with E-state index in [0.29, 0.717) is 23.6 Å². The van der Waals surface area contributed by atoms with Crippen LogP contribution in [0.1, 0.15) is 31.2 Å². The van der Waals surface area contributed by atoms with Crippen LogP contribution in [0.25, 0.3) is 0 Å². The minimum Gasteiger partial charge on any atom is -0.395 e. The Hall–Kier alpha value is -1.80. The van der Waals surface area contributed by atoms with Gasteiger partial charge in [0.2, 0.25) is 0 Å². The number of nitrogens with zero attached hydrogens (tertiary/aromatic N) is 3. The molecule has 1 aliphatic rings. The van der Waals surface area contributed by atoms with E-state index in [9.17, 15) is 5.11 Å². The molecule has 1 heterocycles. The summed E-state index contributed by atoms with van der Waals surface area (Å²) in [5, 5.41) is 19.3. The third-order valence-corrected chi connectivity index (χ3v) is 3.52. The van der Waals surface area contributed by atoms with Gasteiger partial charge in [-0.3, -0.25) is 0 Å². The largest absolute Gasteiger partial charge is 0.395 e. The van der Waals surface area contributed by atoms with Crippen LogP contribution in [0, 0.1) is 11.3 Å². The molecule has 0 aliphatic heterocycles. The Morgan fingerprint density at radius 1 is 1.56 bits per heavy atom. The molecular formula is C13H18N4O.